The Labute approximate surface area is 122 Å². The van der Waals surface area contributed by atoms with Gasteiger partial charge in [-0.3, -0.25) is 10.1 Å². The van der Waals surface area contributed by atoms with Crippen LogP contribution in [0.3, 0.4) is 0 Å². The lowest BCUT2D eigenvalue weighted by Crippen LogP contribution is -2.17. The smallest absolute Gasteiger partial charge is 0.327 e. The molecular formula is C15H20F2N2O2. The third-order valence-corrected chi connectivity index (χ3v) is 4.12. The van der Waals surface area contributed by atoms with Crippen LogP contribution in [0.5, 0.6) is 0 Å². The lowest BCUT2D eigenvalue weighted by atomic mass is 9.81. The molecule has 4 nitrogen and oxygen atoms in total. The Morgan fingerprint density at radius 3 is 2.81 bits per heavy atom. The summed E-state index contributed by atoms with van der Waals surface area (Å²) in [6.07, 6.45) is 5.64. The number of nitro groups is 1. The molecule has 1 fully saturated rings. The SMILES string of the molecule is CC1CCCC(CCNc2cc(F)cc(F)c2[N+](=O)[O-])C1. The highest BCUT2D eigenvalue weighted by Crippen LogP contribution is 2.32. The molecule has 0 bridgehead atoms. The Hall–Kier alpha value is -1.72. The lowest BCUT2D eigenvalue weighted by Gasteiger charge is -2.26. The number of nitrogens with one attached hydrogen (secondary N) is 1. The van der Waals surface area contributed by atoms with Crippen LogP contribution in [0.15, 0.2) is 12.1 Å². The van der Waals surface area contributed by atoms with Gasteiger partial charge in [0.25, 0.3) is 0 Å². The fraction of sp³-hybridized carbons (Fsp3) is 0.600. The van der Waals surface area contributed by atoms with Crippen LogP contribution >= 0.6 is 0 Å². The van der Waals surface area contributed by atoms with Crippen molar-refractivity contribution in [3.63, 3.8) is 0 Å². The second-order valence-corrected chi connectivity index (χ2v) is 5.89. The summed E-state index contributed by atoms with van der Waals surface area (Å²) >= 11 is 0. The Bertz CT molecular complexity index is 523. The van der Waals surface area contributed by atoms with Gasteiger partial charge in [-0.05, 0) is 24.7 Å². The number of halogens is 2. The highest BCUT2D eigenvalue weighted by atomic mass is 19.1. The predicted molar refractivity (Wildman–Crippen MR) is 77.2 cm³/mol. The van der Waals surface area contributed by atoms with Crippen molar-refractivity contribution < 1.29 is 13.7 Å². The molecular weight excluding hydrogens is 278 g/mol. The summed E-state index contributed by atoms with van der Waals surface area (Å²) in [6, 6.07) is 1.51. The normalized spacial score (nSPS) is 22.0. The van der Waals surface area contributed by atoms with Gasteiger partial charge in [0, 0.05) is 18.7 Å². The molecule has 1 N–H and O–H groups in total. The van der Waals surface area contributed by atoms with Crippen LogP contribution in [0.25, 0.3) is 0 Å². The molecule has 0 spiro atoms. The van der Waals surface area contributed by atoms with Crippen LogP contribution in [0, 0.1) is 33.6 Å². The second-order valence-electron chi connectivity index (χ2n) is 5.89. The van der Waals surface area contributed by atoms with Gasteiger partial charge in [-0.25, -0.2) is 4.39 Å². The van der Waals surface area contributed by atoms with Gasteiger partial charge in [-0.15, -0.1) is 0 Å². The summed E-state index contributed by atoms with van der Waals surface area (Å²) in [4.78, 5) is 10.0. The quantitative estimate of drug-likeness (QED) is 0.643. The number of rotatable bonds is 5. The Balaban J connectivity index is 1.98. The van der Waals surface area contributed by atoms with E-state index in [0.717, 1.165) is 25.3 Å². The molecule has 1 saturated carbocycles. The van der Waals surface area contributed by atoms with Gasteiger partial charge in [0.1, 0.15) is 11.5 Å². The zero-order valence-electron chi connectivity index (χ0n) is 12.1. The summed E-state index contributed by atoms with van der Waals surface area (Å²) in [5.41, 5.74) is -0.769. The Kier molecular flexibility index (Phi) is 5.09. The van der Waals surface area contributed by atoms with E-state index in [2.05, 4.69) is 12.2 Å². The van der Waals surface area contributed by atoms with Gasteiger partial charge in [0.15, 0.2) is 0 Å². The number of hydrogen-bond donors (Lipinski definition) is 1. The zero-order chi connectivity index (χ0) is 15.4. The molecule has 0 aromatic heterocycles. The number of nitro benzene ring substituents is 1. The zero-order valence-corrected chi connectivity index (χ0v) is 12.1. The first-order chi connectivity index (χ1) is 9.97. The highest BCUT2D eigenvalue weighted by Gasteiger charge is 2.23. The van der Waals surface area contributed by atoms with Crippen molar-refractivity contribution in [2.75, 3.05) is 11.9 Å². The molecule has 21 heavy (non-hydrogen) atoms. The summed E-state index contributed by atoms with van der Waals surface area (Å²) in [7, 11) is 0. The van der Waals surface area contributed by atoms with Crippen molar-refractivity contribution in [2.24, 2.45) is 11.8 Å². The minimum atomic E-state index is -1.14. The number of hydrogen-bond acceptors (Lipinski definition) is 3. The van der Waals surface area contributed by atoms with E-state index in [1.165, 1.54) is 12.8 Å². The van der Waals surface area contributed by atoms with Crippen molar-refractivity contribution in [1.29, 1.82) is 0 Å². The van der Waals surface area contributed by atoms with Crippen LogP contribution in [0.4, 0.5) is 20.2 Å². The fourth-order valence-electron chi connectivity index (χ4n) is 3.12. The maximum Gasteiger partial charge on any atom is 0.327 e. The van der Waals surface area contributed by atoms with E-state index in [9.17, 15) is 18.9 Å². The third-order valence-electron chi connectivity index (χ3n) is 4.12. The van der Waals surface area contributed by atoms with Crippen LogP contribution < -0.4 is 5.32 Å². The van der Waals surface area contributed by atoms with Crippen LogP contribution in [-0.4, -0.2) is 11.5 Å². The average molecular weight is 298 g/mol. The molecule has 0 amide bonds. The minimum Gasteiger partial charge on any atom is -0.379 e. The van der Waals surface area contributed by atoms with E-state index >= 15 is 0 Å². The molecule has 6 heteroatoms. The maximum atomic E-state index is 13.5. The van der Waals surface area contributed by atoms with E-state index in [0.29, 0.717) is 24.4 Å². The standard InChI is InChI=1S/C15H20F2N2O2/c1-10-3-2-4-11(7-10)5-6-18-14-9-12(16)8-13(17)15(14)19(20)21/h8-11,18H,2-7H2,1H3. The molecule has 0 aliphatic heterocycles. The van der Waals surface area contributed by atoms with E-state index in [-0.39, 0.29) is 5.69 Å². The van der Waals surface area contributed by atoms with E-state index in [1.54, 1.807) is 0 Å². The van der Waals surface area contributed by atoms with Gasteiger partial charge in [-0.2, -0.15) is 4.39 Å². The lowest BCUT2D eigenvalue weighted by molar-refractivity contribution is -0.386. The molecule has 1 aromatic rings. The van der Waals surface area contributed by atoms with Gasteiger partial charge in [0.2, 0.25) is 5.82 Å². The van der Waals surface area contributed by atoms with Gasteiger partial charge >= 0.3 is 5.69 Å². The number of anilines is 1. The van der Waals surface area contributed by atoms with Crippen molar-refractivity contribution >= 4 is 11.4 Å². The van der Waals surface area contributed by atoms with Crippen molar-refractivity contribution in [3.8, 4) is 0 Å². The average Bonchev–Trinajstić information content (AvgIpc) is 2.37. The minimum absolute atomic E-state index is 0.0821. The third kappa shape index (κ3) is 4.12. The molecule has 1 aliphatic rings. The Morgan fingerprint density at radius 1 is 1.38 bits per heavy atom. The van der Waals surface area contributed by atoms with Crippen molar-refractivity contribution in [3.05, 3.63) is 33.9 Å². The van der Waals surface area contributed by atoms with E-state index < -0.39 is 22.2 Å². The largest absolute Gasteiger partial charge is 0.379 e. The van der Waals surface area contributed by atoms with Crippen LogP contribution in [0.2, 0.25) is 0 Å². The molecule has 2 atom stereocenters. The molecule has 1 aromatic carbocycles. The molecule has 2 rings (SSSR count). The number of nitrogens with zero attached hydrogens (tertiary/aromatic N) is 1. The summed E-state index contributed by atoms with van der Waals surface area (Å²) in [5.74, 6) is -0.663. The molecule has 1 aliphatic carbocycles. The van der Waals surface area contributed by atoms with Gasteiger partial charge in [0.05, 0.1) is 4.92 Å². The van der Waals surface area contributed by atoms with Gasteiger partial charge < -0.3 is 5.32 Å². The monoisotopic (exact) mass is 298 g/mol. The first-order valence-electron chi connectivity index (χ1n) is 7.34. The molecule has 0 heterocycles. The first-order valence-corrected chi connectivity index (χ1v) is 7.34. The molecule has 0 saturated heterocycles. The van der Waals surface area contributed by atoms with Gasteiger partial charge in [-0.1, -0.05) is 26.2 Å². The van der Waals surface area contributed by atoms with Crippen LogP contribution in [0.1, 0.15) is 39.0 Å². The first kappa shape index (κ1) is 15.7. The summed E-state index contributed by atoms with van der Waals surface area (Å²) in [5, 5.41) is 13.7. The van der Waals surface area contributed by atoms with E-state index in [1.807, 2.05) is 0 Å². The van der Waals surface area contributed by atoms with Crippen molar-refractivity contribution in [2.45, 2.75) is 39.0 Å². The number of benzene rings is 1. The fourth-order valence-corrected chi connectivity index (χ4v) is 3.12. The maximum absolute atomic E-state index is 13.5. The molecule has 0 radical (unpaired) electrons. The summed E-state index contributed by atoms with van der Waals surface area (Å²) < 4.78 is 26.7. The summed E-state index contributed by atoms with van der Waals surface area (Å²) in [6.45, 7) is 2.72. The predicted octanol–water partition coefficient (Wildman–Crippen LogP) is 4.50. The topological polar surface area (TPSA) is 55.2 Å². The molecule has 2 unspecified atom stereocenters. The van der Waals surface area contributed by atoms with Crippen LogP contribution in [-0.2, 0) is 0 Å². The second kappa shape index (κ2) is 6.83. The molecule has 116 valence electrons. The Morgan fingerprint density at radius 2 is 2.14 bits per heavy atom. The van der Waals surface area contributed by atoms with Crippen molar-refractivity contribution in [1.82, 2.24) is 0 Å². The highest BCUT2D eigenvalue weighted by molar-refractivity contribution is 5.62. The van der Waals surface area contributed by atoms with E-state index in [4.69, 9.17) is 0 Å².